The van der Waals surface area contributed by atoms with E-state index in [0.29, 0.717) is 0 Å². The molecule has 3 nitrogen and oxygen atoms in total. The van der Waals surface area contributed by atoms with Gasteiger partial charge in [-0.25, -0.2) is 0 Å². The van der Waals surface area contributed by atoms with E-state index >= 15 is 0 Å². The van der Waals surface area contributed by atoms with Gasteiger partial charge < -0.3 is 5.11 Å². The van der Waals surface area contributed by atoms with Crippen molar-refractivity contribution in [1.82, 2.24) is 4.98 Å². The topological polar surface area (TPSA) is 50.2 Å². The van der Waals surface area contributed by atoms with Crippen LogP contribution in [0.1, 0.15) is 17.7 Å². The van der Waals surface area contributed by atoms with Crippen molar-refractivity contribution in [2.24, 2.45) is 0 Å². The van der Waals surface area contributed by atoms with Gasteiger partial charge in [0.05, 0.1) is 5.52 Å². The van der Waals surface area contributed by atoms with Gasteiger partial charge in [-0.1, -0.05) is 17.9 Å². The number of nitrogens with zero attached hydrogens (tertiary/aromatic N) is 1. The van der Waals surface area contributed by atoms with E-state index in [9.17, 15) is 4.79 Å². The molecule has 1 N–H and O–H groups in total. The molecule has 17 heavy (non-hydrogen) atoms. The summed E-state index contributed by atoms with van der Waals surface area (Å²) < 4.78 is 0. The molecule has 0 radical (unpaired) electrons. The zero-order valence-corrected chi connectivity index (χ0v) is 9.40. The zero-order valence-electron chi connectivity index (χ0n) is 9.40. The van der Waals surface area contributed by atoms with Gasteiger partial charge in [-0.3, -0.25) is 9.78 Å². The first kappa shape index (κ1) is 11.2. The van der Waals surface area contributed by atoms with Gasteiger partial charge in [-0.05, 0) is 31.2 Å². The van der Waals surface area contributed by atoms with Crippen molar-refractivity contribution in [1.29, 1.82) is 0 Å². The molecule has 0 saturated heterocycles. The lowest BCUT2D eigenvalue weighted by Crippen LogP contribution is -1.90. The lowest BCUT2D eigenvalue weighted by atomic mass is 10.1. The number of pyridine rings is 1. The summed E-state index contributed by atoms with van der Waals surface area (Å²) in [6, 6.07) is 9.59. The van der Waals surface area contributed by atoms with Crippen LogP contribution in [0.4, 0.5) is 0 Å². The Labute approximate surface area is 99.1 Å². The molecule has 1 heterocycles. The van der Waals surface area contributed by atoms with Crippen LogP contribution in [0.25, 0.3) is 10.9 Å². The number of hydrogen-bond acceptors (Lipinski definition) is 2. The maximum absolute atomic E-state index is 10.3. The SMILES string of the molecule is Cc1ccc2cc(C#CCC(=O)O)ccc2n1. The highest BCUT2D eigenvalue weighted by molar-refractivity contribution is 5.80. The van der Waals surface area contributed by atoms with Crippen molar-refractivity contribution in [2.75, 3.05) is 0 Å². The third-order valence-corrected chi connectivity index (χ3v) is 2.30. The normalized spacial score (nSPS) is 9.71. The lowest BCUT2D eigenvalue weighted by molar-refractivity contribution is -0.135. The molecule has 0 aliphatic rings. The molecule has 0 spiro atoms. The third-order valence-electron chi connectivity index (χ3n) is 2.30. The molecule has 84 valence electrons. The summed E-state index contributed by atoms with van der Waals surface area (Å²) in [4.78, 5) is 14.7. The average Bonchev–Trinajstić information content (AvgIpc) is 2.29. The van der Waals surface area contributed by atoms with Gasteiger partial charge in [0.2, 0.25) is 0 Å². The summed E-state index contributed by atoms with van der Waals surface area (Å²) in [5.74, 6) is 4.52. The van der Waals surface area contributed by atoms with Gasteiger partial charge in [0, 0.05) is 16.6 Å². The van der Waals surface area contributed by atoms with Crippen LogP contribution in [0, 0.1) is 18.8 Å². The van der Waals surface area contributed by atoms with Crippen LogP contribution in [0.5, 0.6) is 0 Å². The summed E-state index contributed by atoms with van der Waals surface area (Å²) in [5.41, 5.74) is 2.71. The standard InChI is InChI=1S/C14H11NO2/c1-10-5-7-12-9-11(3-2-4-14(16)17)6-8-13(12)15-10/h5-9H,4H2,1H3,(H,16,17). The van der Waals surface area contributed by atoms with Crippen molar-refractivity contribution >= 4 is 16.9 Å². The molecule has 0 aliphatic carbocycles. The first-order chi connectivity index (χ1) is 8.15. The van der Waals surface area contributed by atoms with Crippen molar-refractivity contribution in [3.05, 3.63) is 41.6 Å². The number of carbonyl (C=O) groups is 1. The first-order valence-corrected chi connectivity index (χ1v) is 5.23. The summed E-state index contributed by atoms with van der Waals surface area (Å²) in [6.45, 7) is 1.94. The highest BCUT2D eigenvalue weighted by Gasteiger charge is 1.96. The maximum Gasteiger partial charge on any atom is 0.315 e. The molecule has 0 fully saturated rings. The molecule has 0 amide bonds. The van der Waals surface area contributed by atoms with E-state index in [1.165, 1.54) is 0 Å². The molecule has 1 aromatic carbocycles. The van der Waals surface area contributed by atoms with Gasteiger partial charge >= 0.3 is 5.97 Å². The number of aliphatic carboxylic acids is 1. The summed E-state index contributed by atoms with van der Waals surface area (Å²) in [6.07, 6.45) is -0.135. The van der Waals surface area contributed by atoms with E-state index in [1.54, 1.807) is 0 Å². The first-order valence-electron chi connectivity index (χ1n) is 5.23. The Kier molecular flexibility index (Phi) is 3.06. The lowest BCUT2D eigenvalue weighted by Gasteiger charge is -1.99. The van der Waals surface area contributed by atoms with E-state index in [4.69, 9.17) is 5.11 Å². The fourth-order valence-electron chi connectivity index (χ4n) is 1.53. The third kappa shape index (κ3) is 2.82. The number of aromatic nitrogens is 1. The number of benzene rings is 1. The maximum atomic E-state index is 10.3. The molecule has 0 aliphatic heterocycles. The molecule has 0 atom stereocenters. The summed E-state index contributed by atoms with van der Waals surface area (Å²) in [5, 5.41) is 9.49. The highest BCUT2D eigenvalue weighted by Crippen LogP contribution is 2.14. The second-order valence-corrected chi connectivity index (χ2v) is 3.73. The van der Waals surface area contributed by atoms with Crippen molar-refractivity contribution in [3.8, 4) is 11.8 Å². The van der Waals surface area contributed by atoms with Crippen LogP contribution in [0.2, 0.25) is 0 Å². The Bertz CT molecular complexity index is 635. The highest BCUT2D eigenvalue weighted by atomic mass is 16.4. The minimum atomic E-state index is -0.907. The Morgan fingerprint density at radius 3 is 2.94 bits per heavy atom. The van der Waals surface area contributed by atoms with Crippen LogP contribution in [-0.4, -0.2) is 16.1 Å². The monoisotopic (exact) mass is 225 g/mol. The number of aryl methyl sites for hydroxylation is 1. The van der Waals surface area contributed by atoms with Gasteiger partial charge in [-0.15, -0.1) is 0 Å². The van der Waals surface area contributed by atoms with Crippen molar-refractivity contribution in [2.45, 2.75) is 13.3 Å². The van der Waals surface area contributed by atoms with Crippen LogP contribution < -0.4 is 0 Å². The minimum Gasteiger partial charge on any atom is -0.481 e. The van der Waals surface area contributed by atoms with E-state index in [0.717, 1.165) is 22.2 Å². The minimum absolute atomic E-state index is 0.135. The summed E-state index contributed by atoms with van der Waals surface area (Å²) >= 11 is 0. The molecule has 0 saturated carbocycles. The van der Waals surface area contributed by atoms with E-state index in [2.05, 4.69) is 16.8 Å². The second-order valence-electron chi connectivity index (χ2n) is 3.73. The molecular weight excluding hydrogens is 214 g/mol. The molecule has 3 heteroatoms. The molecule has 2 rings (SSSR count). The van der Waals surface area contributed by atoms with Crippen LogP contribution >= 0.6 is 0 Å². The number of carboxylic acids is 1. The average molecular weight is 225 g/mol. The van der Waals surface area contributed by atoms with E-state index in [-0.39, 0.29) is 6.42 Å². The Morgan fingerprint density at radius 2 is 2.18 bits per heavy atom. The van der Waals surface area contributed by atoms with E-state index in [1.807, 2.05) is 37.3 Å². The Morgan fingerprint density at radius 1 is 1.35 bits per heavy atom. The smallest absolute Gasteiger partial charge is 0.315 e. The number of carboxylic acid groups (broad SMARTS) is 1. The van der Waals surface area contributed by atoms with Gasteiger partial charge in [0.25, 0.3) is 0 Å². The van der Waals surface area contributed by atoms with Crippen LogP contribution in [0.15, 0.2) is 30.3 Å². The quantitative estimate of drug-likeness (QED) is 0.758. The number of hydrogen-bond donors (Lipinski definition) is 1. The Hall–Kier alpha value is -2.34. The molecule has 0 bridgehead atoms. The van der Waals surface area contributed by atoms with Crippen molar-refractivity contribution in [3.63, 3.8) is 0 Å². The van der Waals surface area contributed by atoms with Gasteiger partial charge in [-0.2, -0.15) is 0 Å². The van der Waals surface area contributed by atoms with Crippen LogP contribution in [0.3, 0.4) is 0 Å². The zero-order chi connectivity index (χ0) is 12.3. The fourth-order valence-corrected chi connectivity index (χ4v) is 1.53. The second kappa shape index (κ2) is 4.67. The van der Waals surface area contributed by atoms with Gasteiger partial charge in [0.15, 0.2) is 0 Å². The predicted molar refractivity (Wildman–Crippen MR) is 65.6 cm³/mol. The van der Waals surface area contributed by atoms with E-state index < -0.39 is 5.97 Å². The Balaban J connectivity index is 2.34. The fraction of sp³-hybridized carbons (Fsp3) is 0.143. The molecule has 0 unspecified atom stereocenters. The largest absolute Gasteiger partial charge is 0.481 e. The number of rotatable bonds is 1. The molecule has 2 aromatic rings. The molecule has 1 aromatic heterocycles. The van der Waals surface area contributed by atoms with Crippen LogP contribution in [-0.2, 0) is 4.79 Å². The summed E-state index contributed by atoms with van der Waals surface area (Å²) in [7, 11) is 0. The number of fused-ring (bicyclic) bond motifs is 1. The van der Waals surface area contributed by atoms with Gasteiger partial charge in [0.1, 0.15) is 6.42 Å². The molecular formula is C14H11NO2. The van der Waals surface area contributed by atoms with Crippen molar-refractivity contribution < 1.29 is 9.90 Å². The predicted octanol–water partition coefficient (Wildman–Crippen LogP) is 2.37.